The second-order valence-corrected chi connectivity index (χ2v) is 14.3. The molecule has 50 heavy (non-hydrogen) atoms. The van der Waals surface area contributed by atoms with Crippen LogP contribution in [0.25, 0.3) is 10.8 Å². The molecule has 3 aromatic rings. The summed E-state index contributed by atoms with van der Waals surface area (Å²) in [6, 6.07) is 15.3. The molecule has 0 aromatic heterocycles. The zero-order valence-corrected chi connectivity index (χ0v) is 29.1. The van der Waals surface area contributed by atoms with Crippen molar-refractivity contribution in [2.45, 2.75) is 84.2 Å². The summed E-state index contributed by atoms with van der Waals surface area (Å²) in [4.78, 5) is 52.8. The first kappa shape index (κ1) is 36.4. The highest BCUT2D eigenvalue weighted by Crippen LogP contribution is 2.40. The van der Waals surface area contributed by atoms with E-state index in [-0.39, 0.29) is 49.1 Å². The first-order valence-electron chi connectivity index (χ1n) is 16.9. The molecule has 2 aliphatic rings. The van der Waals surface area contributed by atoms with E-state index in [0.717, 1.165) is 22.4 Å². The van der Waals surface area contributed by atoms with Gasteiger partial charge in [-0.05, 0) is 82.2 Å². The van der Waals surface area contributed by atoms with E-state index in [1.54, 1.807) is 20.8 Å². The lowest BCUT2D eigenvalue weighted by Crippen LogP contribution is -2.55. The number of rotatable bonds is 9. The Kier molecular flexibility index (Phi) is 10.9. The molecule has 268 valence electrons. The normalized spacial score (nSPS) is 22.4. The number of hydrogen-bond donors (Lipinski definition) is 2. The second kappa shape index (κ2) is 14.9. The van der Waals surface area contributed by atoms with E-state index in [1.165, 1.54) is 18.1 Å². The molecule has 1 aliphatic carbocycles. The number of halogens is 1. The van der Waals surface area contributed by atoms with Crippen molar-refractivity contribution in [3.8, 4) is 11.5 Å². The summed E-state index contributed by atoms with van der Waals surface area (Å²) in [6.45, 7) is 7.21. The van der Waals surface area contributed by atoms with Gasteiger partial charge in [0.2, 0.25) is 0 Å². The minimum atomic E-state index is -1.18. The molecule has 2 fully saturated rings. The maximum atomic E-state index is 15.2. The third kappa shape index (κ3) is 8.46. The number of hydrogen-bond acceptors (Lipinski definition) is 8. The maximum Gasteiger partial charge on any atom is 0.410 e. The number of nitrogens with one attached hydrogen (secondary N) is 1. The molecule has 0 bridgehead atoms. The number of piperidine rings is 1. The standard InChI is InChI=1S/C38H45FN2O9/c1-37(2,3)50-36(46)41-18-15-30(28(21-41)34(43)44)40-33(42)27-19-32(29(39)20-31(27)47-5)49-25-13-16-38(4,17-14-25)35(45)48-22-24-11-8-10-23-9-6-7-12-26(23)24/h6-12,19-20,25,28,30H,13-18,21-22H2,1-5H3,(H,40,42)(H,43,44)/t25?,28-,30+,38?/m0/s1. The number of carbonyl (C=O) groups excluding carboxylic acids is 3. The van der Waals surface area contributed by atoms with Crippen LogP contribution < -0.4 is 14.8 Å². The van der Waals surface area contributed by atoms with Crippen LogP contribution in [0.2, 0.25) is 0 Å². The molecule has 1 saturated heterocycles. The summed E-state index contributed by atoms with van der Waals surface area (Å²) in [5.41, 5.74) is -0.577. The Morgan fingerprint density at radius 1 is 1.00 bits per heavy atom. The van der Waals surface area contributed by atoms with E-state index in [2.05, 4.69) is 5.32 Å². The average molecular weight is 693 g/mol. The number of ether oxygens (including phenoxy) is 4. The van der Waals surface area contributed by atoms with Crippen LogP contribution in [0.15, 0.2) is 54.6 Å². The summed E-state index contributed by atoms with van der Waals surface area (Å²) in [7, 11) is 1.30. The molecule has 1 heterocycles. The predicted octanol–water partition coefficient (Wildman–Crippen LogP) is 6.50. The van der Waals surface area contributed by atoms with Crippen LogP contribution in [-0.4, -0.2) is 71.9 Å². The van der Waals surface area contributed by atoms with Crippen LogP contribution in [0.1, 0.15) is 75.7 Å². The van der Waals surface area contributed by atoms with Crippen molar-refractivity contribution in [2.75, 3.05) is 20.2 Å². The minimum Gasteiger partial charge on any atom is -0.496 e. The number of fused-ring (bicyclic) bond motifs is 1. The summed E-state index contributed by atoms with van der Waals surface area (Å²) in [5, 5.41) is 14.8. The summed E-state index contributed by atoms with van der Waals surface area (Å²) >= 11 is 0. The van der Waals surface area contributed by atoms with Crippen molar-refractivity contribution in [3.05, 3.63) is 71.5 Å². The van der Waals surface area contributed by atoms with Gasteiger partial charge in [-0.25, -0.2) is 9.18 Å². The lowest BCUT2D eigenvalue weighted by atomic mass is 9.74. The summed E-state index contributed by atoms with van der Waals surface area (Å²) < 4.78 is 37.7. The highest BCUT2D eigenvalue weighted by molar-refractivity contribution is 5.98. The fourth-order valence-electron chi connectivity index (χ4n) is 6.55. The van der Waals surface area contributed by atoms with Gasteiger partial charge < -0.3 is 34.3 Å². The van der Waals surface area contributed by atoms with Crippen LogP contribution in [-0.2, 0) is 25.7 Å². The number of aliphatic carboxylic acids is 1. The van der Waals surface area contributed by atoms with E-state index in [0.29, 0.717) is 25.7 Å². The van der Waals surface area contributed by atoms with E-state index >= 15 is 4.39 Å². The number of nitrogens with zero attached hydrogens (tertiary/aromatic N) is 1. The molecule has 3 aromatic carbocycles. The molecule has 1 saturated carbocycles. The number of carboxylic acids is 1. The lowest BCUT2D eigenvalue weighted by Gasteiger charge is -2.37. The number of likely N-dealkylation sites (tertiary alicyclic amines) is 1. The van der Waals surface area contributed by atoms with E-state index in [4.69, 9.17) is 18.9 Å². The van der Waals surface area contributed by atoms with Gasteiger partial charge in [-0.2, -0.15) is 0 Å². The molecule has 0 unspecified atom stereocenters. The van der Waals surface area contributed by atoms with Gasteiger partial charge in [-0.1, -0.05) is 42.5 Å². The van der Waals surface area contributed by atoms with Gasteiger partial charge >= 0.3 is 18.0 Å². The van der Waals surface area contributed by atoms with Crippen molar-refractivity contribution >= 4 is 34.7 Å². The van der Waals surface area contributed by atoms with Gasteiger partial charge in [0.15, 0.2) is 11.6 Å². The SMILES string of the molecule is COc1cc(F)c(OC2CCC(C)(C(=O)OCc3cccc4ccccc34)CC2)cc1C(=O)N[C@@H]1CCN(C(=O)OC(C)(C)C)C[C@@H]1C(=O)O. The molecule has 1 aliphatic heterocycles. The molecule has 2 atom stereocenters. The van der Waals surface area contributed by atoms with Gasteiger partial charge in [-0.15, -0.1) is 0 Å². The van der Waals surface area contributed by atoms with E-state index in [9.17, 15) is 24.3 Å². The van der Waals surface area contributed by atoms with Gasteiger partial charge in [0.1, 0.15) is 18.0 Å². The molecule has 11 nitrogen and oxygen atoms in total. The van der Waals surface area contributed by atoms with E-state index < -0.39 is 52.9 Å². The molecular weight excluding hydrogens is 647 g/mol. The third-order valence-electron chi connectivity index (χ3n) is 9.46. The first-order chi connectivity index (χ1) is 23.7. The van der Waals surface area contributed by atoms with Crippen LogP contribution >= 0.6 is 0 Å². The largest absolute Gasteiger partial charge is 0.496 e. The number of methoxy groups -OCH3 is 1. The van der Waals surface area contributed by atoms with Crippen molar-refractivity contribution in [1.82, 2.24) is 10.2 Å². The average Bonchev–Trinajstić information content (AvgIpc) is 3.08. The molecular formula is C38H45FN2O9. The first-order valence-corrected chi connectivity index (χ1v) is 16.9. The Hall–Kier alpha value is -4.87. The topological polar surface area (TPSA) is 141 Å². The van der Waals surface area contributed by atoms with Crippen LogP contribution in [0, 0.1) is 17.2 Å². The Bertz CT molecular complexity index is 1740. The number of carboxylic acid groups (broad SMARTS) is 1. The molecule has 12 heteroatoms. The zero-order valence-electron chi connectivity index (χ0n) is 29.1. The van der Waals surface area contributed by atoms with Crippen LogP contribution in [0.4, 0.5) is 9.18 Å². The van der Waals surface area contributed by atoms with Gasteiger partial charge in [0, 0.05) is 25.2 Å². The number of carbonyl (C=O) groups is 4. The Morgan fingerprint density at radius 2 is 1.70 bits per heavy atom. The summed E-state index contributed by atoms with van der Waals surface area (Å²) in [5.74, 6) is -4.17. The quantitative estimate of drug-likeness (QED) is 0.241. The number of benzene rings is 3. The zero-order chi connectivity index (χ0) is 36.2. The van der Waals surface area contributed by atoms with E-state index in [1.807, 2.05) is 49.4 Å². The Balaban J connectivity index is 1.20. The number of esters is 1. The second-order valence-electron chi connectivity index (χ2n) is 14.3. The number of amides is 2. The monoisotopic (exact) mass is 692 g/mol. The van der Waals surface area contributed by atoms with Crippen molar-refractivity contribution < 1.29 is 47.6 Å². The molecule has 5 rings (SSSR count). The van der Waals surface area contributed by atoms with Crippen molar-refractivity contribution in [1.29, 1.82) is 0 Å². The van der Waals surface area contributed by atoms with Gasteiger partial charge in [0.25, 0.3) is 5.91 Å². The maximum absolute atomic E-state index is 15.2. The third-order valence-corrected chi connectivity index (χ3v) is 9.46. The van der Waals surface area contributed by atoms with Crippen molar-refractivity contribution in [3.63, 3.8) is 0 Å². The van der Waals surface area contributed by atoms with Crippen molar-refractivity contribution in [2.24, 2.45) is 11.3 Å². The summed E-state index contributed by atoms with van der Waals surface area (Å²) in [6.07, 6.45) is 0.982. The Labute approximate surface area is 291 Å². The molecule has 0 radical (unpaired) electrons. The highest BCUT2D eigenvalue weighted by atomic mass is 19.1. The predicted molar refractivity (Wildman–Crippen MR) is 182 cm³/mol. The molecule has 0 spiro atoms. The fourth-order valence-corrected chi connectivity index (χ4v) is 6.55. The van der Waals surface area contributed by atoms with Gasteiger partial charge in [-0.3, -0.25) is 14.4 Å². The molecule has 2 N–H and O–H groups in total. The Morgan fingerprint density at radius 3 is 2.38 bits per heavy atom. The van der Waals surface area contributed by atoms with Crippen LogP contribution in [0.3, 0.4) is 0 Å². The smallest absolute Gasteiger partial charge is 0.410 e. The fraction of sp³-hybridized carbons (Fsp3) is 0.474. The molecule has 2 amide bonds. The minimum absolute atomic E-state index is 0.0275. The van der Waals surface area contributed by atoms with Crippen LogP contribution in [0.5, 0.6) is 11.5 Å². The van der Waals surface area contributed by atoms with Gasteiger partial charge in [0.05, 0.1) is 30.1 Å². The highest BCUT2D eigenvalue weighted by Gasteiger charge is 2.41. The lowest BCUT2D eigenvalue weighted by molar-refractivity contribution is -0.159.